The maximum Gasteiger partial charge on any atom is 0.317 e. The minimum absolute atomic E-state index is 0.124. The molecule has 1 aliphatic heterocycles. The van der Waals surface area contributed by atoms with Crippen molar-refractivity contribution in [2.24, 2.45) is 5.41 Å². The Hall–Kier alpha value is -1.82. The Balaban J connectivity index is 1.60. The first-order chi connectivity index (χ1) is 10.8. The van der Waals surface area contributed by atoms with Gasteiger partial charge in [0.05, 0.1) is 5.41 Å². The molecule has 1 aliphatic carbocycles. The number of carbonyl (C=O) groups is 2. The van der Waals surface area contributed by atoms with Gasteiger partial charge in [0.25, 0.3) is 0 Å². The van der Waals surface area contributed by atoms with Crippen molar-refractivity contribution in [3.05, 3.63) is 34.6 Å². The molecule has 1 heterocycles. The normalized spacial score (nSPS) is 29.4. The number of carboxylic acid groups (broad SMARTS) is 1. The highest BCUT2D eigenvalue weighted by Crippen LogP contribution is 2.45. The second kappa shape index (κ2) is 5.67. The molecule has 1 unspecified atom stereocenters. The van der Waals surface area contributed by atoms with E-state index in [4.69, 9.17) is 11.6 Å². The molecule has 1 aromatic rings. The van der Waals surface area contributed by atoms with Crippen LogP contribution in [0.4, 0.5) is 9.18 Å². The Bertz CT molecular complexity index is 648. The number of likely N-dealkylation sites (tertiary alicyclic amines) is 1. The maximum absolute atomic E-state index is 13.9. The van der Waals surface area contributed by atoms with Crippen LogP contribution < -0.4 is 5.32 Å². The number of hydrogen-bond acceptors (Lipinski definition) is 2. The van der Waals surface area contributed by atoms with Gasteiger partial charge in [0.2, 0.25) is 0 Å². The highest BCUT2D eigenvalue weighted by atomic mass is 35.5. The first-order valence-electron chi connectivity index (χ1n) is 7.54. The third kappa shape index (κ3) is 3.00. The molecule has 7 heteroatoms. The molecule has 1 saturated carbocycles. The summed E-state index contributed by atoms with van der Waals surface area (Å²) in [7, 11) is 0. The smallest absolute Gasteiger partial charge is 0.317 e. The molecular weight excluding hydrogens is 323 g/mol. The summed E-state index contributed by atoms with van der Waals surface area (Å²) in [5.74, 6) is -1.38. The van der Waals surface area contributed by atoms with Crippen molar-refractivity contribution < 1.29 is 19.1 Å². The van der Waals surface area contributed by atoms with E-state index in [9.17, 15) is 19.1 Å². The highest BCUT2D eigenvalue weighted by Gasteiger charge is 2.46. The molecule has 124 valence electrons. The monoisotopic (exact) mass is 340 g/mol. The molecular formula is C16H18ClFN2O3. The van der Waals surface area contributed by atoms with Crippen molar-refractivity contribution in [1.29, 1.82) is 0 Å². The largest absolute Gasteiger partial charge is 0.481 e. The lowest BCUT2D eigenvalue weighted by Crippen LogP contribution is -2.42. The van der Waals surface area contributed by atoms with E-state index in [-0.39, 0.29) is 30.4 Å². The van der Waals surface area contributed by atoms with E-state index in [1.54, 1.807) is 19.1 Å². The number of carbonyl (C=O) groups excluding carboxylic acids is 1. The topological polar surface area (TPSA) is 69.6 Å². The molecule has 2 amide bonds. The molecule has 0 bridgehead atoms. The van der Waals surface area contributed by atoms with Gasteiger partial charge in [0, 0.05) is 35.6 Å². The van der Waals surface area contributed by atoms with Crippen molar-refractivity contribution in [2.75, 3.05) is 13.1 Å². The summed E-state index contributed by atoms with van der Waals surface area (Å²) < 4.78 is 13.9. The maximum atomic E-state index is 13.9. The lowest BCUT2D eigenvalue weighted by Gasteiger charge is -2.20. The average Bonchev–Trinajstić information content (AvgIpc) is 3.08. The van der Waals surface area contributed by atoms with E-state index >= 15 is 0 Å². The lowest BCUT2D eigenvalue weighted by atomic mass is 9.90. The van der Waals surface area contributed by atoms with Gasteiger partial charge < -0.3 is 15.3 Å². The molecule has 3 rings (SSSR count). The molecule has 2 aliphatic rings. The zero-order chi connectivity index (χ0) is 16.8. The van der Waals surface area contributed by atoms with Gasteiger partial charge in [-0.05, 0) is 31.9 Å². The number of halogens is 2. The minimum Gasteiger partial charge on any atom is -0.481 e. The van der Waals surface area contributed by atoms with E-state index in [2.05, 4.69) is 5.32 Å². The van der Waals surface area contributed by atoms with Crippen LogP contribution in [0.15, 0.2) is 18.2 Å². The molecule has 0 aromatic heterocycles. The quantitative estimate of drug-likeness (QED) is 0.889. The Kier molecular flexibility index (Phi) is 3.96. The Morgan fingerprint density at radius 3 is 2.83 bits per heavy atom. The number of urea groups is 1. The predicted octanol–water partition coefficient (Wildman–Crippen LogP) is 2.84. The number of aliphatic carboxylic acids is 1. The molecule has 23 heavy (non-hydrogen) atoms. The van der Waals surface area contributed by atoms with Gasteiger partial charge in [-0.3, -0.25) is 4.79 Å². The van der Waals surface area contributed by atoms with Crippen molar-refractivity contribution in [3.63, 3.8) is 0 Å². The summed E-state index contributed by atoms with van der Waals surface area (Å²) in [4.78, 5) is 25.0. The van der Waals surface area contributed by atoms with E-state index in [0.717, 1.165) is 0 Å². The van der Waals surface area contributed by atoms with Gasteiger partial charge in [-0.15, -0.1) is 0 Å². The van der Waals surface area contributed by atoms with Crippen LogP contribution in [0.2, 0.25) is 5.02 Å². The van der Waals surface area contributed by atoms with Gasteiger partial charge in [0.1, 0.15) is 5.82 Å². The zero-order valence-electron chi connectivity index (χ0n) is 12.7. The van der Waals surface area contributed by atoms with E-state index in [1.165, 1.54) is 11.0 Å². The molecule has 5 nitrogen and oxygen atoms in total. The highest BCUT2D eigenvalue weighted by molar-refractivity contribution is 6.31. The van der Waals surface area contributed by atoms with E-state index < -0.39 is 11.4 Å². The average molecular weight is 341 g/mol. The fraction of sp³-hybridized carbons (Fsp3) is 0.500. The molecule has 0 radical (unpaired) electrons. The van der Waals surface area contributed by atoms with Crippen LogP contribution in [-0.2, 0) is 4.79 Å². The van der Waals surface area contributed by atoms with Gasteiger partial charge >= 0.3 is 12.0 Å². The molecule has 1 saturated heterocycles. The second-order valence-corrected chi connectivity index (χ2v) is 6.98. The van der Waals surface area contributed by atoms with Crippen LogP contribution in [0.25, 0.3) is 0 Å². The molecule has 3 atom stereocenters. The molecule has 0 spiro atoms. The van der Waals surface area contributed by atoms with Crippen molar-refractivity contribution in [1.82, 2.24) is 10.2 Å². The van der Waals surface area contributed by atoms with Crippen molar-refractivity contribution in [3.8, 4) is 0 Å². The number of amides is 2. The van der Waals surface area contributed by atoms with Crippen LogP contribution in [-0.4, -0.2) is 41.1 Å². The first-order valence-corrected chi connectivity index (χ1v) is 7.92. The first kappa shape index (κ1) is 16.1. The fourth-order valence-electron chi connectivity index (χ4n) is 3.10. The number of hydrogen-bond donors (Lipinski definition) is 2. The number of carboxylic acids is 1. The predicted molar refractivity (Wildman–Crippen MR) is 83.0 cm³/mol. The lowest BCUT2D eigenvalue weighted by molar-refractivity contribution is -0.146. The third-order valence-electron chi connectivity index (χ3n) is 4.75. The van der Waals surface area contributed by atoms with Crippen LogP contribution >= 0.6 is 11.6 Å². The van der Waals surface area contributed by atoms with Gasteiger partial charge in [-0.1, -0.05) is 17.7 Å². The van der Waals surface area contributed by atoms with Crippen molar-refractivity contribution in [2.45, 2.75) is 31.7 Å². The third-order valence-corrected chi connectivity index (χ3v) is 5.08. The summed E-state index contributed by atoms with van der Waals surface area (Å²) in [5, 5.41) is 12.4. The van der Waals surface area contributed by atoms with Crippen molar-refractivity contribution >= 4 is 23.6 Å². The van der Waals surface area contributed by atoms with Gasteiger partial charge in [-0.25, -0.2) is 9.18 Å². The van der Waals surface area contributed by atoms with Crippen LogP contribution in [0, 0.1) is 11.2 Å². The number of benzene rings is 1. The summed E-state index contributed by atoms with van der Waals surface area (Å²) in [6.45, 7) is 2.24. The van der Waals surface area contributed by atoms with E-state index in [0.29, 0.717) is 30.0 Å². The summed E-state index contributed by atoms with van der Waals surface area (Å²) in [6.07, 6.45) is 1.07. The number of nitrogens with one attached hydrogen (secondary N) is 1. The van der Waals surface area contributed by atoms with Crippen LogP contribution in [0.3, 0.4) is 0 Å². The standard InChI is InChI=1S/C16H18ClFN2O3/c1-16(14(21)22)5-6-20(8-16)15(23)19-12-7-9(12)13-10(17)3-2-4-11(13)18/h2-4,9,12H,5-8H2,1H3,(H,19,23)(H,21,22)/t9-,12-,16?/m1/s1. The fourth-order valence-corrected chi connectivity index (χ4v) is 3.40. The SMILES string of the molecule is CC1(C(=O)O)CCN(C(=O)N[C@@H]2C[C@H]2c2c(F)cccc2Cl)C1. The summed E-state index contributed by atoms with van der Waals surface area (Å²) in [5.41, 5.74) is -0.453. The van der Waals surface area contributed by atoms with E-state index in [1.807, 2.05) is 0 Å². The Labute approximate surface area is 138 Å². The van der Waals surface area contributed by atoms with Crippen LogP contribution in [0.5, 0.6) is 0 Å². The second-order valence-electron chi connectivity index (χ2n) is 6.57. The Morgan fingerprint density at radius 2 is 2.22 bits per heavy atom. The number of rotatable bonds is 3. The summed E-state index contributed by atoms with van der Waals surface area (Å²) in [6, 6.07) is 4.09. The Morgan fingerprint density at radius 1 is 1.48 bits per heavy atom. The zero-order valence-corrected chi connectivity index (χ0v) is 13.4. The molecule has 2 fully saturated rings. The van der Waals surface area contributed by atoms with Gasteiger partial charge in [-0.2, -0.15) is 0 Å². The number of nitrogens with zero attached hydrogens (tertiary/aromatic N) is 1. The van der Waals surface area contributed by atoms with Crippen LogP contribution in [0.1, 0.15) is 31.2 Å². The molecule has 1 aromatic carbocycles. The van der Waals surface area contributed by atoms with Gasteiger partial charge in [0.15, 0.2) is 0 Å². The molecule has 2 N–H and O–H groups in total. The summed E-state index contributed by atoms with van der Waals surface area (Å²) >= 11 is 6.04. The minimum atomic E-state index is -0.894.